The molecule has 1 aliphatic carbocycles. The van der Waals surface area contributed by atoms with Crippen LogP contribution in [0.25, 0.3) is 6.08 Å². The topological polar surface area (TPSA) is 56.8 Å². The van der Waals surface area contributed by atoms with Gasteiger partial charge in [-0.25, -0.2) is 0 Å². The summed E-state index contributed by atoms with van der Waals surface area (Å²) in [6.45, 7) is 1.46. The summed E-state index contributed by atoms with van der Waals surface area (Å²) in [5.74, 6) is 1.96. The van der Waals surface area contributed by atoms with Gasteiger partial charge in [0.25, 0.3) is 0 Å². The second-order valence-electron chi connectivity index (χ2n) is 6.47. The van der Waals surface area contributed by atoms with Crippen LogP contribution < -0.4 is 14.8 Å². The van der Waals surface area contributed by atoms with Crippen molar-refractivity contribution in [3.05, 3.63) is 29.8 Å². The Morgan fingerprint density at radius 3 is 2.62 bits per heavy atom. The molecular weight excluding hydrogens is 306 g/mol. The van der Waals surface area contributed by atoms with Gasteiger partial charge >= 0.3 is 0 Å². The predicted molar refractivity (Wildman–Crippen MR) is 92.2 cm³/mol. The fraction of sp³-hybridized carbons (Fsp3) is 0.526. The van der Waals surface area contributed by atoms with Gasteiger partial charge in [-0.1, -0.05) is 0 Å². The van der Waals surface area contributed by atoms with E-state index in [0.29, 0.717) is 11.7 Å². The first kappa shape index (κ1) is 16.8. The summed E-state index contributed by atoms with van der Waals surface area (Å²) in [4.78, 5) is 12.4. The minimum atomic E-state index is -0.0797. The number of hydrogen-bond donors (Lipinski definition) is 1. The van der Waals surface area contributed by atoms with E-state index < -0.39 is 0 Å². The zero-order valence-electron chi connectivity index (χ0n) is 14.3. The molecule has 0 bridgehead atoms. The molecule has 0 atom stereocenters. The maximum absolute atomic E-state index is 12.4. The Morgan fingerprint density at radius 2 is 2.00 bits per heavy atom. The SMILES string of the molecule is COc1ccc(/C=C/C(=O)NC2(C3CC3)CCOCC2)c(OC)c1. The number of carbonyl (C=O) groups excluding carboxylic acids is 1. The number of carbonyl (C=O) groups is 1. The molecule has 24 heavy (non-hydrogen) atoms. The van der Waals surface area contributed by atoms with Crippen molar-refractivity contribution in [3.63, 3.8) is 0 Å². The molecule has 0 aromatic heterocycles. The molecule has 1 amide bonds. The number of rotatable bonds is 6. The number of ether oxygens (including phenoxy) is 3. The Labute approximate surface area is 143 Å². The lowest BCUT2D eigenvalue weighted by Gasteiger charge is -2.38. The zero-order valence-corrected chi connectivity index (χ0v) is 14.3. The van der Waals surface area contributed by atoms with Crippen molar-refractivity contribution < 1.29 is 19.0 Å². The summed E-state index contributed by atoms with van der Waals surface area (Å²) >= 11 is 0. The summed E-state index contributed by atoms with van der Waals surface area (Å²) in [6, 6.07) is 5.54. The lowest BCUT2D eigenvalue weighted by atomic mass is 9.85. The van der Waals surface area contributed by atoms with Crippen molar-refractivity contribution in [3.8, 4) is 11.5 Å². The van der Waals surface area contributed by atoms with E-state index in [-0.39, 0.29) is 11.4 Å². The van der Waals surface area contributed by atoms with Gasteiger partial charge in [0.2, 0.25) is 5.91 Å². The predicted octanol–water partition coefficient (Wildman–Crippen LogP) is 2.79. The van der Waals surface area contributed by atoms with Crippen molar-refractivity contribution >= 4 is 12.0 Å². The Bertz CT molecular complexity index is 616. The molecule has 130 valence electrons. The van der Waals surface area contributed by atoms with Gasteiger partial charge in [-0.3, -0.25) is 4.79 Å². The first-order valence-corrected chi connectivity index (χ1v) is 8.47. The summed E-state index contributed by atoms with van der Waals surface area (Å²) in [7, 11) is 3.22. The number of methoxy groups -OCH3 is 2. The molecule has 1 N–H and O–H groups in total. The highest BCUT2D eigenvalue weighted by Crippen LogP contribution is 2.44. The molecule has 1 saturated heterocycles. The van der Waals surface area contributed by atoms with Gasteiger partial charge in [0.15, 0.2) is 0 Å². The Morgan fingerprint density at radius 1 is 1.25 bits per heavy atom. The zero-order chi connectivity index (χ0) is 17.0. The van der Waals surface area contributed by atoms with Gasteiger partial charge in [0.1, 0.15) is 11.5 Å². The number of hydrogen-bond acceptors (Lipinski definition) is 4. The van der Waals surface area contributed by atoms with Gasteiger partial charge in [-0.2, -0.15) is 0 Å². The monoisotopic (exact) mass is 331 g/mol. The van der Waals surface area contributed by atoms with E-state index in [1.165, 1.54) is 12.8 Å². The molecule has 1 aromatic carbocycles. The minimum absolute atomic E-state index is 0.0540. The van der Waals surface area contributed by atoms with Crippen molar-refractivity contribution in [2.24, 2.45) is 5.92 Å². The van der Waals surface area contributed by atoms with Crippen LogP contribution in [0, 0.1) is 5.92 Å². The standard InChI is InChI=1S/C19H25NO4/c1-22-16-7-3-14(17(13-16)23-2)4-8-18(21)20-19(15-5-6-15)9-11-24-12-10-19/h3-4,7-8,13,15H,5-6,9-12H2,1-2H3,(H,20,21)/b8-4+. The number of amides is 1. The molecule has 5 nitrogen and oxygen atoms in total. The van der Waals surface area contributed by atoms with Crippen LogP contribution in [0.4, 0.5) is 0 Å². The van der Waals surface area contributed by atoms with Crippen molar-refractivity contribution in [1.29, 1.82) is 0 Å². The van der Waals surface area contributed by atoms with Crippen LogP contribution in [0.1, 0.15) is 31.2 Å². The van der Waals surface area contributed by atoms with E-state index in [1.54, 1.807) is 26.4 Å². The molecule has 1 aliphatic heterocycles. The third-order valence-electron chi connectivity index (χ3n) is 4.97. The van der Waals surface area contributed by atoms with Gasteiger partial charge in [-0.05, 0) is 49.8 Å². The van der Waals surface area contributed by atoms with E-state index in [2.05, 4.69) is 5.32 Å². The molecule has 2 aliphatic rings. The largest absolute Gasteiger partial charge is 0.497 e. The lowest BCUT2D eigenvalue weighted by molar-refractivity contribution is -0.120. The van der Waals surface area contributed by atoms with E-state index >= 15 is 0 Å². The van der Waals surface area contributed by atoms with Crippen molar-refractivity contribution in [2.45, 2.75) is 31.2 Å². The van der Waals surface area contributed by atoms with Gasteiger partial charge in [0.05, 0.1) is 14.2 Å². The average Bonchev–Trinajstić information content (AvgIpc) is 3.46. The third kappa shape index (κ3) is 3.73. The fourth-order valence-electron chi connectivity index (χ4n) is 3.42. The van der Waals surface area contributed by atoms with Crippen LogP contribution in [0.2, 0.25) is 0 Å². The normalized spacial score (nSPS) is 19.9. The van der Waals surface area contributed by atoms with Crippen molar-refractivity contribution in [2.75, 3.05) is 27.4 Å². The van der Waals surface area contributed by atoms with E-state index in [0.717, 1.165) is 37.4 Å². The summed E-state index contributed by atoms with van der Waals surface area (Å²) < 4.78 is 16.0. The summed E-state index contributed by atoms with van der Waals surface area (Å²) in [5.41, 5.74) is 0.768. The summed E-state index contributed by atoms with van der Waals surface area (Å²) in [6.07, 6.45) is 7.59. The second kappa shape index (κ2) is 7.26. The van der Waals surface area contributed by atoms with Crippen LogP contribution >= 0.6 is 0 Å². The maximum Gasteiger partial charge on any atom is 0.244 e. The molecule has 0 spiro atoms. The van der Waals surface area contributed by atoms with Crippen molar-refractivity contribution in [1.82, 2.24) is 5.32 Å². The van der Waals surface area contributed by atoms with Crippen LogP contribution in [0.3, 0.4) is 0 Å². The highest BCUT2D eigenvalue weighted by atomic mass is 16.5. The second-order valence-corrected chi connectivity index (χ2v) is 6.47. The molecule has 1 saturated carbocycles. The smallest absolute Gasteiger partial charge is 0.244 e. The Hall–Kier alpha value is -2.01. The van der Waals surface area contributed by atoms with Gasteiger partial charge < -0.3 is 19.5 Å². The number of benzene rings is 1. The lowest BCUT2D eigenvalue weighted by Crippen LogP contribution is -2.53. The average molecular weight is 331 g/mol. The molecule has 1 aromatic rings. The molecule has 3 rings (SSSR count). The Kier molecular flexibility index (Phi) is 5.09. The van der Waals surface area contributed by atoms with Gasteiger partial charge in [-0.15, -0.1) is 0 Å². The van der Waals surface area contributed by atoms with Crippen LogP contribution in [0.5, 0.6) is 11.5 Å². The van der Waals surface area contributed by atoms with Crippen LogP contribution in [-0.4, -0.2) is 38.9 Å². The Balaban J connectivity index is 1.68. The maximum atomic E-state index is 12.4. The summed E-state index contributed by atoms with van der Waals surface area (Å²) in [5, 5.41) is 3.25. The highest BCUT2D eigenvalue weighted by Gasteiger charge is 2.46. The fourth-order valence-corrected chi connectivity index (χ4v) is 3.42. The van der Waals surface area contributed by atoms with E-state index in [1.807, 2.05) is 18.2 Å². The molecular formula is C19H25NO4. The van der Waals surface area contributed by atoms with Gasteiger partial charge in [0, 0.05) is 36.5 Å². The minimum Gasteiger partial charge on any atom is -0.497 e. The molecule has 5 heteroatoms. The highest BCUT2D eigenvalue weighted by molar-refractivity contribution is 5.92. The first-order chi connectivity index (χ1) is 11.7. The molecule has 1 heterocycles. The molecule has 0 unspecified atom stereocenters. The molecule has 2 fully saturated rings. The third-order valence-corrected chi connectivity index (χ3v) is 4.97. The van der Waals surface area contributed by atoms with E-state index in [4.69, 9.17) is 14.2 Å². The van der Waals surface area contributed by atoms with Crippen LogP contribution in [0.15, 0.2) is 24.3 Å². The number of nitrogens with one attached hydrogen (secondary N) is 1. The van der Waals surface area contributed by atoms with E-state index in [9.17, 15) is 4.79 Å². The quantitative estimate of drug-likeness (QED) is 0.815. The van der Waals surface area contributed by atoms with Crippen LogP contribution in [-0.2, 0) is 9.53 Å². The molecule has 0 radical (unpaired) electrons. The first-order valence-electron chi connectivity index (χ1n) is 8.47.